The van der Waals surface area contributed by atoms with E-state index >= 15 is 0 Å². The molecule has 114 valence electrons. The van der Waals surface area contributed by atoms with E-state index in [1.165, 1.54) is 0 Å². The van der Waals surface area contributed by atoms with Crippen LogP contribution in [0.5, 0.6) is 0 Å². The lowest BCUT2D eigenvalue weighted by Crippen LogP contribution is -2.29. The number of benzene rings is 1. The van der Waals surface area contributed by atoms with Gasteiger partial charge in [-0.3, -0.25) is 4.79 Å². The zero-order chi connectivity index (χ0) is 14.8. The summed E-state index contributed by atoms with van der Waals surface area (Å²) in [6.45, 7) is 5.21. The predicted octanol–water partition coefficient (Wildman–Crippen LogP) is 2.47. The first-order chi connectivity index (χ1) is 10.1. The van der Waals surface area contributed by atoms with Crippen LogP contribution in [-0.2, 0) is 4.79 Å². The maximum absolute atomic E-state index is 12.1. The molecule has 2 saturated heterocycles. The molecule has 4 nitrogen and oxygen atoms in total. The van der Waals surface area contributed by atoms with Crippen LogP contribution >= 0.6 is 23.2 Å². The maximum Gasteiger partial charge on any atom is 0.225 e. The van der Waals surface area contributed by atoms with E-state index in [-0.39, 0.29) is 5.91 Å². The molecule has 2 aliphatic heterocycles. The Balaban J connectivity index is 1.49. The first kappa shape index (κ1) is 15.1. The van der Waals surface area contributed by atoms with Crippen molar-refractivity contribution in [1.82, 2.24) is 10.2 Å². The first-order valence-electron chi connectivity index (χ1n) is 7.30. The lowest BCUT2D eigenvalue weighted by atomic mass is 10.0. The summed E-state index contributed by atoms with van der Waals surface area (Å²) in [7, 11) is 0. The molecule has 0 unspecified atom stereocenters. The Labute approximate surface area is 134 Å². The molecule has 3 rings (SSSR count). The second kappa shape index (κ2) is 6.53. The van der Waals surface area contributed by atoms with Gasteiger partial charge in [0.15, 0.2) is 0 Å². The third-order valence-corrected chi connectivity index (χ3v) is 4.98. The van der Waals surface area contributed by atoms with Crippen molar-refractivity contribution in [3.63, 3.8) is 0 Å². The summed E-state index contributed by atoms with van der Waals surface area (Å²) in [5.41, 5.74) is 0.508. The minimum Gasteiger partial charge on any atom is -0.324 e. The summed E-state index contributed by atoms with van der Waals surface area (Å²) in [6, 6.07) is 5.20. The quantitative estimate of drug-likeness (QED) is 0.892. The number of likely N-dealkylation sites (tertiary alicyclic amines) is 1. The number of nitrogens with zero attached hydrogens (tertiary/aromatic N) is 1. The van der Waals surface area contributed by atoms with Crippen LogP contribution in [0.2, 0.25) is 10.0 Å². The van der Waals surface area contributed by atoms with E-state index in [0.717, 1.165) is 44.6 Å². The van der Waals surface area contributed by atoms with Gasteiger partial charge in [0.1, 0.15) is 0 Å². The van der Waals surface area contributed by atoms with E-state index in [2.05, 4.69) is 15.5 Å². The zero-order valence-electron chi connectivity index (χ0n) is 11.7. The fraction of sp³-hybridized carbons (Fsp3) is 0.533. The normalized spacial score (nSPS) is 25.0. The molecule has 0 aliphatic carbocycles. The largest absolute Gasteiger partial charge is 0.324 e. The van der Waals surface area contributed by atoms with E-state index in [4.69, 9.17) is 23.2 Å². The fourth-order valence-electron chi connectivity index (χ4n) is 3.21. The van der Waals surface area contributed by atoms with Crippen LogP contribution in [-0.4, -0.2) is 43.5 Å². The minimum absolute atomic E-state index is 0.0415. The molecule has 0 radical (unpaired) electrons. The summed E-state index contributed by atoms with van der Waals surface area (Å²) in [6.07, 6.45) is 0.467. The molecular formula is C15H19Cl2N3O. The highest BCUT2D eigenvalue weighted by molar-refractivity contribution is 6.39. The number of para-hydroxylation sites is 1. The lowest BCUT2D eigenvalue weighted by molar-refractivity contribution is -0.116. The predicted molar refractivity (Wildman–Crippen MR) is 86.0 cm³/mol. The molecule has 2 aliphatic rings. The Hall–Kier alpha value is -0.810. The summed E-state index contributed by atoms with van der Waals surface area (Å²) in [5.74, 6) is 1.47. The molecule has 0 aromatic heterocycles. The number of nitrogens with one attached hydrogen (secondary N) is 2. The van der Waals surface area contributed by atoms with Gasteiger partial charge in [-0.1, -0.05) is 29.3 Å². The van der Waals surface area contributed by atoms with Gasteiger partial charge in [-0.2, -0.15) is 0 Å². The molecule has 21 heavy (non-hydrogen) atoms. The van der Waals surface area contributed by atoms with Crippen molar-refractivity contribution >= 4 is 34.8 Å². The van der Waals surface area contributed by atoms with Crippen molar-refractivity contribution in [2.75, 3.05) is 38.0 Å². The molecule has 1 aromatic rings. The van der Waals surface area contributed by atoms with Gasteiger partial charge in [-0.05, 0) is 37.1 Å². The number of anilines is 1. The first-order valence-corrected chi connectivity index (χ1v) is 8.06. The Kier molecular flexibility index (Phi) is 4.69. The number of hydrogen-bond donors (Lipinski definition) is 2. The molecule has 1 aromatic carbocycles. The maximum atomic E-state index is 12.1. The van der Waals surface area contributed by atoms with Gasteiger partial charge in [0, 0.05) is 26.1 Å². The van der Waals surface area contributed by atoms with Crippen molar-refractivity contribution in [1.29, 1.82) is 0 Å². The molecule has 2 atom stereocenters. The Bertz CT molecular complexity index is 505. The smallest absolute Gasteiger partial charge is 0.225 e. The van der Waals surface area contributed by atoms with E-state index in [9.17, 15) is 4.79 Å². The molecule has 6 heteroatoms. The van der Waals surface area contributed by atoms with Gasteiger partial charge in [0.05, 0.1) is 15.7 Å². The summed E-state index contributed by atoms with van der Waals surface area (Å²) in [5, 5.41) is 7.17. The van der Waals surface area contributed by atoms with Gasteiger partial charge < -0.3 is 15.5 Å². The molecule has 0 spiro atoms. The Morgan fingerprint density at radius 2 is 1.86 bits per heavy atom. The average molecular weight is 328 g/mol. The number of amides is 1. The van der Waals surface area contributed by atoms with E-state index in [1.54, 1.807) is 18.2 Å². The van der Waals surface area contributed by atoms with Crippen LogP contribution in [0.1, 0.15) is 6.42 Å². The van der Waals surface area contributed by atoms with Crippen molar-refractivity contribution in [2.24, 2.45) is 11.8 Å². The molecule has 2 N–H and O–H groups in total. The monoisotopic (exact) mass is 327 g/mol. The van der Waals surface area contributed by atoms with Crippen LogP contribution in [0, 0.1) is 11.8 Å². The summed E-state index contributed by atoms with van der Waals surface area (Å²) < 4.78 is 0. The third-order valence-electron chi connectivity index (χ3n) is 4.35. The highest BCUT2D eigenvalue weighted by atomic mass is 35.5. The minimum atomic E-state index is -0.0415. The number of carbonyl (C=O) groups excluding carboxylic acids is 1. The molecular weight excluding hydrogens is 309 g/mol. The molecule has 2 fully saturated rings. The van der Waals surface area contributed by atoms with Crippen molar-refractivity contribution in [3.8, 4) is 0 Å². The Morgan fingerprint density at radius 1 is 1.24 bits per heavy atom. The summed E-state index contributed by atoms with van der Waals surface area (Å²) >= 11 is 12.1. The second-order valence-corrected chi connectivity index (χ2v) is 6.65. The van der Waals surface area contributed by atoms with Crippen molar-refractivity contribution < 1.29 is 4.79 Å². The van der Waals surface area contributed by atoms with Gasteiger partial charge in [-0.25, -0.2) is 0 Å². The molecule has 2 heterocycles. The SMILES string of the molecule is O=C(CCN1C[C@H]2CNC[C@H]2C1)Nc1c(Cl)cccc1Cl. The van der Waals surface area contributed by atoms with Crippen LogP contribution in [0.15, 0.2) is 18.2 Å². The van der Waals surface area contributed by atoms with Crippen LogP contribution in [0.3, 0.4) is 0 Å². The van der Waals surface area contributed by atoms with E-state index in [1.807, 2.05) is 0 Å². The number of hydrogen-bond acceptors (Lipinski definition) is 3. The highest BCUT2D eigenvalue weighted by Gasteiger charge is 2.35. The van der Waals surface area contributed by atoms with Crippen molar-refractivity contribution in [2.45, 2.75) is 6.42 Å². The number of halogens is 2. The zero-order valence-corrected chi connectivity index (χ0v) is 13.3. The van der Waals surface area contributed by atoms with E-state index < -0.39 is 0 Å². The number of rotatable bonds is 4. The second-order valence-electron chi connectivity index (χ2n) is 5.83. The average Bonchev–Trinajstić information content (AvgIpc) is 3.01. The molecule has 1 amide bonds. The van der Waals surface area contributed by atoms with Crippen LogP contribution in [0.4, 0.5) is 5.69 Å². The number of fused-ring (bicyclic) bond motifs is 1. The molecule has 0 bridgehead atoms. The lowest BCUT2D eigenvalue weighted by Gasteiger charge is -2.16. The Morgan fingerprint density at radius 3 is 2.48 bits per heavy atom. The fourth-order valence-corrected chi connectivity index (χ4v) is 3.71. The van der Waals surface area contributed by atoms with Gasteiger partial charge in [0.25, 0.3) is 0 Å². The summed E-state index contributed by atoms with van der Waals surface area (Å²) in [4.78, 5) is 14.4. The number of carbonyl (C=O) groups is 1. The standard InChI is InChI=1S/C15H19Cl2N3O/c16-12-2-1-3-13(17)15(12)19-14(21)4-5-20-8-10-6-18-7-11(10)9-20/h1-3,10-11,18H,4-9H2,(H,19,21)/t10-,11+. The third kappa shape index (κ3) is 3.51. The van der Waals surface area contributed by atoms with Crippen molar-refractivity contribution in [3.05, 3.63) is 28.2 Å². The van der Waals surface area contributed by atoms with Gasteiger partial charge in [0.2, 0.25) is 5.91 Å². The highest BCUT2D eigenvalue weighted by Crippen LogP contribution is 2.30. The van der Waals surface area contributed by atoms with Crippen LogP contribution < -0.4 is 10.6 Å². The topological polar surface area (TPSA) is 44.4 Å². The van der Waals surface area contributed by atoms with Gasteiger partial charge >= 0.3 is 0 Å². The van der Waals surface area contributed by atoms with Gasteiger partial charge in [-0.15, -0.1) is 0 Å². The van der Waals surface area contributed by atoms with E-state index in [0.29, 0.717) is 22.2 Å². The molecule has 0 saturated carbocycles. The van der Waals surface area contributed by atoms with Crippen LogP contribution in [0.25, 0.3) is 0 Å².